The molecule has 4 rings (SSSR count). The lowest BCUT2D eigenvalue weighted by Crippen LogP contribution is -2.24. The van der Waals surface area contributed by atoms with E-state index in [1.165, 1.54) is 6.33 Å². The summed E-state index contributed by atoms with van der Waals surface area (Å²) in [7, 11) is 0. The first-order chi connectivity index (χ1) is 12.7. The van der Waals surface area contributed by atoms with E-state index in [2.05, 4.69) is 20.3 Å². The molecule has 2 aromatic heterocycles. The van der Waals surface area contributed by atoms with Crippen molar-refractivity contribution in [3.05, 3.63) is 42.5 Å². The smallest absolute Gasteiger partial charge is 0.167 e. The summed E-state index contributed by atoms with van der Waals surface area (Å²) >= 11 is 0. The van der Waals surface area contributed by atoms with Gasteiger partial charge in [0.05, 0.1) is 19.0 Å². The van der Waals surface area contributed by atoms with E-state index in [1.54, 1.807) is 29.1 Å². The molecule has 0 aliphatic carbocycles. The van der Waals surface area contributed by atoms with Crippen molar-refractivity contribution in [1.82, 2.24) is 19.5 Å². The number of benzene rings is 1. The van der Waals surface area contributed by atoms with Gasteiger partial charge in [0, 0.05) is 13.0 Å². The molecule has 136 valence electrons. The van der Waals surface area contributed by atoms with Gasteiger partial charge in [-0.25, -0.2) is 15.0 Å². The average Bonchev–Trinajstić information content (AvgIpc) is 3.23. The maximum atomic E-state index is 9.93. The van der Waals surface area contributed by atoms with Gasteiger partial charge in [0.2, 0.25) is 0 Å². The minimum Gasteiger partial charge on any atom is -0.508 e. The molecule has 1 fully saturated rings. The van der Waals surface area contributed by atoms with E-state index in [1.807, 2.05) is 6.07 Å². The highest BCUT2D eigenvalue weighted by Crippen LogP contribution is 2.31. The number of anilines is 1. The molecule has 4 N–H and O–H groups in total. The van der Waals surface area contributed by atoms with Crippen molar-refractivity contribution in [3.8, 4) is 5.75 Å². The fourth-order valence-electron chi connectivity index (χ4n) is 3.09. The van der Waals surface area contributed by atoms with Crippen LogP contribution in [0.25, 0.3) is 11.2 Å². The molecule has 1 aliphatic rings. The number of ether oxygens (including phenoxy) is 1. The molecule has 0 spiro atoms. The zero-order valence-electron chi connectivity index (χ0n) is 13.9. The van der Waals surface area contributed by atoms with E-state index in [0.717, 1.165) is 5.56 Å². The number of hydrogen-bond donors (Lipinski definition) is 4. The molecule has 0 saturated carbocycles. The fraction of sp³-hybridized carbons (Fsp3) is 0.353. The summed E-state index contributed by atoms with van der Waals surface area (Å²) in [6.07, 6.45) is 1.60. The van der Waals surface area contributed by atoms with Gasteiger partial charge in [-0.3, -0.25) is 4.57 Å². The first-order valence-corrected chi connectivity index (χ1v) is 8.29. The van der Waals surface area contributed by atoms with Gasteiger partial charge in [-0.15, -0.1) is 0 Å². The van der Waals surface area contributed by atoms with Crippen molar-refractivity contribution >= 4 is 17.0 Å². The van der Waals surface area contributed by atoms with Crippen LogP contribution in [0.1, 0.15) is 18.2 Å². The van der Waals surface area contributed by atoms with E-state index >= 15 is 0 Å². The monoisotopic (exact) mass is 357 g/mol. The number of aromatic nitrogens is 4. The second kappa shape index (κ2) is 6.87. The van der Waals surface area contributed by atoms with Crippen molar-refractivity contribution in [2.75, 3.05) is 11.9 Å². The Morgan fingerprint density at radius 3 is 2.92 bits per heavy atom. The third-order valence-electron chi connectivity index (χ3n) is 4.42. The Morgan fingerprint density at radius 2 is 2.15 bits per heavy atom. The summed E-state index contributed by atoms with van der Waals surface area (Å²) in [5, 5.41) is 31.9. The topological polar surface area (TPSA) is 126 Å². The maximum Gasteiger partial charge on any atom is 0.167 e. The van der Waals surface area contributed by atoms with E-state index < -0.39 is 18.4 Å². The van der Waals surface area contributed by atoms with Crippen molar-refractivity contribution in [2.45, 2.75) is 31.4 Å². The molecule has 3 aromatic rings. The largest absolute Gasteiger partial charge is 0.508 e. The third-order valence-corrected chi connectivity index (χ3v) is 4.42. The summed E-state index contributed by atoms with van der Waals surface area (Å²) in [5.41, 5.74) is 2.07. The Hall–Kier alpha value is -2.75. The molecule has 0 bridgehead atoms. The number of rotatable bonds is 5. The number of fused-ring (bicyclic) bond motifs is 1. The van der Waals surface area contributed by atoms with Gasteiger partial charge in [0.15, 0.2) is 17.0 Å². The first-order valence-electron chi connectivity index (χ1n) is 8.29. The molecule has 1 unspecified atom stereocenters. The van der Waals surface area contributed by atoms with Crippen LogP contribution in [0.3, 0.4) is 0 Å². The Balaban J connectivity index is 1.57. The lowest BCUT2D eigenvalue weighted by Gasteiger charge is -2.13. The molecule has 26 heavy (non-hydrogen) atoms. The van der Waals surface area contributed by atoms with Gasteiger partial charge in [0.25, 0.3) is 0 Å². The zero-order chi connectivity index (χ0) is 18.1. The van der Waals surface area contributed by atoms with E-state index in [9.17, 15) is 15.3 Å². The zero-order valence-corrected chi connectivity index (χ0v) is 13.9. The van der Waals surface area contributed by atoms with Gasteiger partial charge in [-0.2, -0.15) is 0 Å². The number of imidazole rings is 1. The van der Waals surface area contributed by atoms with Crippen LogP contribution in [0.2, 0.25) is 0 Å². The Bertz CT molecular complexity index is 915. The minimum absolute atomic E-state index is 0.205. The van der Waals surface area contributed by atoms with Crippen LogP contribution in [-0.4, -0.2) is 53.7 Å². The summed E-state index contributed by atoms with van der Waals surface area (Å²) in [4.78, 5) is 12.9. The molecular formula is C17H19N5O4. The lowest BCUT2D eigenvalue weighted by atomic mass is 10.2. The molecule has 9 nitrogen and oxygen atoms in total. The van der Waals surface area contributed by atoms with Crippen molar-refractivity contribution in [3.63, 3.8) is 0 Å². The van der Waals surface area contributed by atoms with Gasteiger partial charge < -0.3 is 25.4 Å². The van der Waals surface area contributed by atoms with E-state index in [0.29, 0.717) is 29.9 Å². The second-order valence-electron chi connectivity index (χ2n) is 6.18. The molecule has 3 atom stereocenters. The van der Waals surface area contributed by atoms with Crippen LogP contribution in [0.15, 0.2) is 36.9 Å². The van der Waals surface area contributed by atoms with Gasteiger partial charge in [-0.05, 0) is 17.7 Å². The minimum atomic E-state index is -0.729. The van der Waals surface area contributed by atoms with Gasteiger partial charge in [-0.1, -0.05) is 12.1 Å². The maximum absolute atomic E-state index is 9.93. The quantitative estimate of drug-likeness (QED) is 0.528. The van der Waals surface area contributed by atoms with Crippen molar-refractivity contribution in [2.24, 2.45) is 0 Å². The van der Waals surface area contributed by atoms with Crippen LogP contribution in [0, 0.1) is 0 Å². The number of phenolic OH excluding ortho intramolecular Hbond substituents is 1. The van der Waals surface area contributed by atoms with Crippen molar-refractivity contribution in [1.29, 1.82) is 0 Å². The van der Waals surface area contributed by atoms with E-state index in [4.69, 9.17) is 4.74 Å². The van der Waals surface area contributed by atoms with Gasteiger partial charge in [0.1, 0.15) is 24.4 Å². The number of hydrogen-bond acceptors (Lipinski definition) is 8. The normalized spacial score (nSPS) is 22.8. The van der Waals surface area contributed by atoms with Crippen LogP contribution >= 0.6 is 0 Å². The summed E-state index contributed by atoms with van der Waals surface area (Å²) in [5.74, 6) is 0.770. The average molecular weight is 357 g/mol. The molecule has 0 radical (unpaired) electrons. The molecule has 1 aliphatic heterocycles. The Labute approximate surface area is 148 Å². The third kappa shape index (κ3) is 3.07. The highest BCUT2D eigenvalue weighted by molar-refractivity contribution is 5.82. The molecule has 9 heteroatoms. The lowest BCUT2D eigenvalue weighted by molar-refractivity contribution is -0.0432. The number of phenols is 1. The number of nitrogens with one attached hydrogen (secondary N) is 1. The molecule has 1 saturated heterocycles. The number of aliphatic hydroxyl groups is 2. The highest BCUT2D eigenvalue weighted by Gasteiger charge is 2.35. The Morgan fingerprint density at radius 1 is 1.27 bits per heavy atom. The first kappa shape index (κ1) is 16.7. The van der Waals surface area contributed by atoms with E-state index in [-0.39, 0.29) is 12.4 Å². The molecule has 1 aromatic carbocycles. The molecule has 3 heterocycles. The van der Waals surface area contributed by atoms with Crippen LogP contribution in [-0.2, 0) is 11.3 Å². The molecular weight excluding hydrogens is 338 g/mol. The predicted octanol–water partition coefficient (Wildman–Crippen LogP) is 0.785. The van der Waals surface area contributed by atoms with Crippen LogP contribution < -0.4 is 5.32 Å². The summed E-state index contributed by atoms with van der Waals surface area (Å²) in [6, 6.07) is 6.96. The summed E-state index contributed by atoms with van der Waals surface area (Å²) in [6.45, 7) is 0.231. The molecule has 0 amide bonds. The number of nitrogens with zero attached hydrogens (tertiary/aromatic N) is 4. The van der Waals surface area contributed by atoms with Crippen LogP contribution in [0.4, 0.5) is 5.82 Å². The highest BCUT2D eigenvalue weighted by atomic mass is 16.5. The Kier molecular flexibility index (Phi) is 4.41. The standard InChI is InChI=1S/C17H19N5O4/c23-7-13-12(25)5-14(26-13)22-9-21-15-16(19-8-20-17(15)22)18-6-10-2-1-3-11(24)4-10/h1-4,8-9,12-14,23-25H,5-7H2,(H,18,19,20)/t12-,13+,14?/m0/s1. The fourth-order valence-corrected chi connectivity index (χ4v) is 3.09. The predicted molar refractivity (Wildman–Crippen MR) is 92.4 cm³/mol. The van der Waals surface area contributed by atoms with Crippen LogP contribution in [0.5, 0.6) is 5.75 Å². The summed E-state index contributed by atoms with van der Waals surface area (Å²) < 4.78 is 7.40. The van der Waals surface area contributed by atoms with Gasteiger partial charge >= 0.3 is 0 Å². The number of aromatic hydroxyl groups is 1. The second-order valence-corrected chi connectivity index (χ2v) is 6.18. The SMILES string of the molecule is OC[C@H]1OC(n2cnc3c(NCc4cccc(O)c4)ncnc32)C[C@@H]1O. The van der Waals surface area contributed by atoms with Crippen molar-refractivity contribution < 1.29 is 20.1 Å². The number of aliphatic hydroxyl groups excluding tert-OH is 2.